The summed E-state index contributed by atoms with van der Waals surface area (Å²) in [5, 5.41) is 4.08. The Balaban J connectivity index is 1.51. The van der Waals surface area contributed by atoms with Crippen LogP contribution in [0.15, 0.2) is 107 Å². The number of amides is 1. The van der Waals surface area contributed by atoms with E-state index in [1.54, 1.807) is 54.6 Å². The van der Waals surface area contributed by atoms with E-state index in [2.05, 4.69) is 26.5 Å². The van der Waals surface area contributed by atoms with Crippen molar-refractivity contribution in [3.63, 3.8) is 0 Å². The van der Waals surface area contributed by atoms with Crippen molar-refractivity contribution in [2.45, 2.75) is 0 Å². The molecule has 32 heavy (non-hydrogen) atoms. The Labute approximate surface area is 193 Å². The zero-order valence-corrected chi connectivity index (χ0v) is 18.4. The molecule has 3 aromatic carbocycles. The number of aromatic nitrogens is 1. The number of benzene rings is 3. The van der Waals surface area contributed by atoms with Gasteiger partial charge in [0.1, 0.15) is 5.75 Å². The van der Waals surface area contributed by atoms with E-state index in [-0.39, 0.29) is 5.91 Å². The van der Waals surface area contributed by atoms with Crippen molar-refractivity contribution in [2.75, 3.05) is 0 Å². The van der Waals surface area contributed by atoms with E-state index >= 15 is 0 Å². The number of hydrogen-bond acceptors (Lipinski definition) is 4. The van der Waals surface area contributed by atoms with Gasteiger partial charge in [-0.05, 0) is 54.6 Å². The van der Waals surface area contributed by atoms with E-state index < -0.39 is 5.97 Å². The zero-order chi connectivity index (χ0) is 22.3. The third-order valence-electron chi connectivity index (χ3n) is 4.59. The van der Waals surface area contributed by atoms with Gasteiger partial charge in [-0.3, -0.25) is 4.79 Å². The molecule has 1 heterocycles. The molecule has 0 atom stereocenters. The molecule has 0 aliphatic heterocycles. The molecule has 0 radical (unpaired) electrons. The number of carbonyl (C=O) groups is 2. The number of nitrogens with zero attached hydrogens (tertiary/aromatic N) is 2. The maximum absolute atomic E-state index is 12.7. The van der Waals surface area contributed by atoms with E-state index in [9.17, 15) is 9.59 Å². The fraction of sp³-hybridized carbons (Fsp3) is 0. The van der Waals surface area contributed by atoms with Crippen molar-refractivity contribution < 1.29 is 14.3 Å². The van der Waals surface area contributed by atoms with Crippen molar-refractivity contribution in [1.82, 2.24) is 9.99 Å². The molecule has 1 amide bonds. The van der Waals surface area contributed by atoms with Crippen LogP contribution < -0.4 is 10.2 Å². The summed E-state index contributed by atoms with van der Waals surface area (Å²) in [6.07, 6.45) is 5.17. The van der Waals surface area contributed by atoms with Gasteiger partial charge in [0.2, 0.25) is 0 Å². The molecule has 0 bridgehead atoms. The van der Waals surface area contributed by atoms with Gasteiger partial charge < -0.3 is 9.30 Å². The van der Waals surface area contributed by atoms with Gasteiger partial charge in [-0.15, -0.1) is 0 Å². The molecular weight excluding hydrogens is 470 g/mol. The zero-order valence-electron chi connectivity index (χ0n) is 16.8. The van der Waals surface area contributed by atoms with Gasteiger partial charge >= 0.3 is 5.97 Å². The maximum atomic E-state index is 12.7. The summed E-state index contributed by atoms with van der Waals surface area (Å²) in [6, 6.07) is 24.9. The number of esters is 1. The van der Waals surface area contributed by atoms with Crippen molar-refractivity contribution in [3.8, 4) is 11.4 Å². The first-order chi connectivity index (χ1) is 15.6. The Hall–Kier alpha value is -3.97. The lowest BCUT2D eigenvalue weighted by Crippen LogP contribution is -2.19. The number of carbonyl (C=O) groups excluding carboxylic acids is 2. The SMILES string of the molecule is O=C(Oc1ccc(Br)cc1/C=N\NC(=O)c1ccccc1-n1cccc1)c1ccccc1. The van der Waals surface area contributed by atoms with Crippen molar-refractivity contribution in [2.24, 2.45) is 5.10 Å². The minimum absolute atomic E-state index is 0.327. The topological polar surface area (TPSA) is 72.7 Å². The van der Waals surface area contributed by atoms with Crippen LogP contribution in [-0.4, -0.2) is 22.7 Å². The molecule has 0 spiro atoms. The van der Waals surface area contributed by atoms with Crippen LogP contribution in [0.3, 0.4) is 0 Å². The molecule has 4 rings (SSSR count). The first kappa shape index (κ1) is 21.3. The maximum Gasteiger partial charge on any atom is 0.343 e. The molecule has 0 aliphatic carbocycles. The molecule has 6 nitrogen and oxygen atoms in total. The average molecular weight is 488 g/mol. The summed E-state index contributed by atoms with van der Waals surface area (Å²) in [6.45, 7) is 0. The van der Waals surface area contributed by atoms with Gasteiger partial charge in [-0.1, -0.05) is 46.3 Å². The molecule has 0 aliphatic rings. The average Bonchev–Trinajstić information content (AvgIpc) is 3.36. The summed E-state index contributed by atoms with van der Waals surface area (Å²) in [5.41, 5.74) is 4.73. The molecule has 1 aromatic heterocycles. The fourth-order valence-electron chi connectivity index (χ4n) is 3.05. The molecule has 0 saturated carbocycles. The van der Waals surface area contributed by atoms with Crippen molar-refractivity contribution >= 4 is 34.0 Å². The Morgan fingerprint density at radius 3 is 2.41 bits per heavy atom. The Morgan fingerprint density at radius 2 is 1.62 bits per heavy atom. The van der Waals surface area contributed by atoms with Crippen molar-refractivity contribution in [1.29, 1.82) is 0 Å². The van der Waals surface area contributed by atoms with Crippen LogP contribution in [0, 0.1) is 0 Å². The van der Waals surface area contributed by atoms with Gasteiger partial charge in [0, 0.05) is 22.4 Å². The number of hydrogen-bond donors (Lipinski definition) is 1. The van der Waals surface area contributed by atoms with E-state index in [4.69, 9.17) is 4.74 Å². The van der Waals surface area contributed by atoms with Gasteiger partial charge in [-0.2, -0.15) is 5.10 Å². The van der Waals surface area contributed by atoms with E-state index in [1.165, 1.54) is 6.21 Å². The highest BCUT2D eigenvalue weighted by Crippen LogP contribution is 2.23. The quantitative estimate of drug-likeness (QED) is 0.175. The lowest BCUT2D eigenvalue weighted by Gasteiger charge is -2.10. The van der Waals surface area contributed by atoms with Crippen LogP contribution in [0.5, 0.6) is 5.75 Å². The van der Waals surface area contributed by atoms with Crippen LogP contribution in [0.1, 0.15) is 26.3 Å². The van der Waals surface area contributed by atoms with Crippen LogP contribution in [0.2, 0.25) is 0 Å². The van der Waals surface area contributed by atoms with E-state index in [0.29, 0.717) is 22.4 Å². The third kappa shape index (κ3) is 5.01. The van der Waals surface area contributed by atoms with Crippen molar-refractivity contribution in [3.05, 3.63) is 118 Å². The second kappa shape index (κ2) is 9.89. The number of rotatable bonds is 6. The van der Waals surface area contributed by atoms with Crippen LogP contribution in [0.25, 0.3) is 5.69 Å². The molecule has 1 N–H and O–H groups in total. The van der Waals surface area contributed by atoms with Gasteiger partial charge in [0.15, 0.2) is 0 Å². The normalized spacial score (nSPS) is 10.8. The lowest BCUT2D eigenvalue weighted by atomic mass is 10.1. The Morgan fingerprint density at radius 1 is 0.906 bits per heavy atom. The second-order valence-electron chi connectivity index (χ2n) is 6.74. The second-order valence-corrected chi connectivity index (χ2v) is 7.66. The number of nitrogens with one attached hydrogen (secondary N) is 1. The summed E-state index contributed by atoms with van der Waals surface area (Å²) < 4.78 is 8.17. The molecular formula is C25H18BrN3O3. The lowest BCUT2D eigenvalue weighted by molar-refractivity contribution is 0.0734. The highest BCUT2D eigenvalue weighted by Gasteiger charge is 2.13. The summed E-state index contributed by atoms with van der Waals surface area (Å²) in [4.78, 5) is 25.2. The largest absolute Gasteiger partial charge is 0.422 e. The van der Waals surface area contributed by atoms with Crippen LogP contribution in [0.4, 0.5) is 0 Å². The number of para-hydroxylation sites is 1. The number of ether oxygens (including phenoxy) is 1. The number of hydrazone groups is 1. The summed E-state index contributed by atoms with van der Waals surface area (Å²) >= 11 is 3.40. The molecule has 158 valence electrons. The summed E-state index contributed by atoms with van der Waals surface area (Å²) in [5.74, 6) is -0.511. The fourth-order valence-corrected chi connectivity index (χ4v) is 3.43. The molecule has 0 saturated heterocycles. The molecule has 0 fully saturated rings. The van der Waals surface area contributed by atoms with Crippen LogP contribution >= 0.6 is 15.9 Å². The highest BCUT2D eigenvalue weighted by molar-refractivity contribution is 9.10. The monoisotopic (exact) mass is 487 g/mol. The Kier molecular flexibility index (Phi) is 6.57. The van der Waals surface area contributed by atoms with Gasteiger partial charge in [0.05, 0.1) is 23.0 Å². The Bertz CT molecular complexity index is 1270. The number of halogens is 1. The summed E-state index contributed by atoms with van der Waals surface area (Å²) in [7, 11) is 0. The predicted octanol–water partition coefficient (Wildman–Crippen LogP) is 5.22. The van der Waals surface area contributed by atoms with Crippen LogP contribution in [-0.2, 0) is 0 Å². The van der Waals surface area contributed by atoms with Gasteiger partial charge in [0.25, 0.3) is 5.91 Å². The third-order valence-corrected chi connectivity index (χ3v) is 5.08. The molecule has 0 unspecified atom stereocenters. The molecule has 4 aromatic rings. The molecule has 7 heteroatoms. The minimum Gasteiger partial charge on any atom is -0.422 e. The smallest absolute Gasteiger partial charge is 0.343 e. The van der Waals surface area contributed by atoms with E-state index in [0.717, 1.165) is 10.2 Å². The van der Waals surface area contributed by atoms with E-state index in [1.807, 2.05) is 47.3 Å². The first-order valence-corrected chi connectivity index (χ1v) is 10.5. The van der Waals surface area contributed by atoms with Gasteiger partial charge in [-0.25, -0.2) is 10.2 Å². The minimum atomic E-state index is -0.479. The predicted molar refractivity (Wildman–Crippen MR) is 126 cm³/mol. The highest BCUT2D eigenvalue weighted by atomic mass is 79.9. The standard InChI is InChI=1S/C25H18BrN3O3/c26-20-12-13-23(32-25(31)18-8-2-1-3-9-18)19(16-20)17-27-28-24(30)21-10-4-5-11-22(21)29-14-6-7-15-29/h1-17H,(H,28,30)/b27-17-. The first-order valence-electron chi connectivity index (χ1n) is 9.74.